The van der Waals surface area contributed by atoms with Crippen LogP contribution in [0.2, 0.25) is 0 Å². The smallest absolute Gasteiger partial charge is 0.255 e. The summed E-state index contributed by atoms with van der Waals surface area (Å²) < 4.78 is 5.44. The Morgan fingerprint density at radius 2 is 2.15 bits per heavy atom. The first-order valence-corrected chi connectivity index (χ1v) is 6.41. The largest absolute Gasteiger partial charge is 0.491 e. The highest BCUT2D eigenvalue weighted by Gasteiger charge is 2.14. The predicted octanol–water partition coefficient (Wildman–Crippen LogP) is 1.99. The summed E-state index contributed by atoms with van der Waals surface area (Å²) in [7, 11) is 0. The number of amides is 1. The van der Waals surface area contributed by atoms with Gasteiger partial charge in [-0.25, -0.2) is 0 Å². The van der Waals surface area contributed by atoms with E-state index < -0.39 is 0 Å². The molecule has 1 aromatic carbocycles. The summed E-state index contributed by atoms with van der Waals surface area (Å²) in [6, 6.07) is 10.7. The molecular weight excluding hydrogens is 254 g/mol. The van der Waals surface area contributed by atoms with E-state index in [4.69, 9.17) is 10.5 Å². The van der Waals surface area contributed by atoms with E-state index in [1.807, 2.05) is 25.1 Å². The van der Waals surface area contributed by atoms with Gasteiger partial charge in [-0.2, -0.15) is 0 Å². The van der Waals surface area contributed by atoms with Gasteiger partial charge >= 0.3 is 0 Å². The van der Waals surface area contributed by atoms with E-state index in [1.165, 1.54) is 0 Å². The molecular formula is C15H17N3O2. The van der Waals surface area contributed by atoms with Crippen molar-refractivity contribution < 1.29 is 9.53 Å². The molecule has 0 atom stereocenters. The van der Waals surface area contributed by atoms with Crippen molar-refractivity contribution >= 4 is 11.6 Å². The van der Waals surface area contributed by atoms with Crippen LogP contribution >= 0.6 is 0 Å². The lowest BCUT2D eigenvalue weighted by Gasteiger charge is -2.12. The minimum absolute atomic E-state index is 0.230. The van der Waals surface area contributed by atoms with Gasteiger partial charge in [0.25, 0.3) is 5.91 Å². The van der Waals surface area contributed by atoms with Crippen LogP contribution in [0.15, 0.2) is 42.6 Å². The van der Waals surface area contributed by atoms with Gasteiger partial charge in [0.2, 0.25) is 0 Å². The van der Waals surface area contributed by atoms with Crippen LogP contribution in [0, 0.1) is 0 Å². The van der Waals surface area contributed by atoms with Crippen LogP contribution in [-0.4, -0.2) is 17.5 Å². The number of nitrogens with zero attached hydrogens (tertiary/aromatic N) is 1. The number of para-hydroxylation sites is 1. The topological polar surface area (TPSA) is 77.2 Å². The fourth-order valence-electron chi connectivity index (χ4n) is 1.81. The van der Waals surface area contributed by atoms with Gasteiger partial charge in [-0.05, 0) is 31.2 Å². The lowest BCUT2D eigenvalue weighted by Crippen LogP contribution is -2.24. The summed E-state index contributed by atoms with van der Waals surface area (Å²) in [4.78, 5) is 16.3. The van der Waals surface area contributed by atoms with Gasteiger partial charge in [0.15, 0.2) is 5.75 Å². The summed E-state index contributed by atoms with van der Waals surface area (Å²) in [5.41, 5.74) is 7.52. The number of hydrogen-bond acceptors (Lipinski definition) is 4. The first-order chi connectivity index (χ1) is 9.72. The maximum absolute atomic E-state index is 12.2. The minimum atomic E-state index is -0.230. The van der Waals surface area contributed by atoms with Gasteiger partial charge in [0.1, 0.15) is 0 Å². The molecule has 0 aliphatic carbocycles. The number of pyridine rings is 1. The maximum Gasteiger partial charge on any atom is 0.255 e. The number of nitrogen functional groups attached to an aromatic ring is 1. The van der Waals surface area contributed by atoms with E-state index in [0.29, 0.717) is 30.2 Å². The maximum atomic E-state index is 12.2. The Kier molecular flexibility index (Phi) is 4.55. The van der Waals surface area contributed by atoms with Gasteiger partial charge in [-0.3, -0.25) is 9.78 Å². The van der Waals surface area contributed by atoms with Crippen molar-refractivity contribution in [1.29, 1.82) is 0 Å². The Bertz CT molecular complexity index is 585. The minimum Gasteiger partial charge on any atom is -0.491 e. The molecule has 2 rings (SSSR count). The third kappa shape index (κ3) is 3.26. The zero-order valence-corrected chi connectivity index (χ0v) is 11.3. The van der Waals surface area contributed by atoms with Crippen LogP contribution in [0.25, 0.3) is 0 Å². The van der Waals surface area contributed by atoms with Crippen LogP contribution in [0.1, 0.15) is 23.0 Å². The normalized spacial score (nSPS) is 10.1. The molecule has 1 aromatic heterocycles. The Morgan fingerprint density at radius 1 is 1.30 bits per heavy atom. The third-order valence-electron chi connectivity index (χ3n) is 2.74. The Morgan fingerprint density at radius 3 is 2.85 bits per heavy atom. The summed E-state index contributed by atoms with van der Waals surface area (Å²) in [6.07, 6.45) is 1.69. The first-order valence-electron chi connectivity index (χ1n) is 6.41. The van der Waals surface area contributed by atoms with E-state index in [2.05, 4.69) is 10.3 Å². The number of anilines is 1. The highest BCUT2D eigenvalue weighted by molar-refractivity contribution is 5.98. The average molecular weight is 271 g/mol. The predicted molar refractivity (Wildman–Crippen MR) is 77.4 cm³/mol. The van der Waals surface area contributed by atoms with Gasteiger partial charge in [0, 0.05) is 6.20 Å². The van der Waals surface area contributed by atoms with Crippen molar-refractivity contribution in [3.05, 3.63) is 53.9 Å². The molecule has 0 saturated carbocycles. The van der Waals surface area contributed by atoms with Crippen molar-refractivity contribution in [2.75, 3.05) is 12.3 Å². The van der Waals surface area contributed by atoms with Gasteiger partial charge in [-0.15, -0.1) is 0 Å². The number of ether oxygens (including phenoxy) is 1. The number of nitrogens with two attached hydrogens (primary N) is 1. The SMILES string of the molecule is CCOc1c(N)cccc1C(=O)NCc1ccccn1. The Hall–Kier alpha value is -2.56. The van der Waals surface area contributed by atoms with Gasteiger partial charge < -0.3 is 15.8 Å². The zero-order valence-electron chi connectivity index (χ0n) is 11.3. The summed E-state index contributed by atoms with van der Waals surface area (Å²) >= 11 is 0. The standard InChI is InChI=1S/C15H17N3O2/c1-2-20-14-12(7-5-8-13(14)16)15(19)18-10-11-6-3-4-9-17-11/h3-9H,2,10,16H2,1H3,(H,18,19). The molecule has 3 N–H and O–H groups in total. The van der Waals surface area contributed by atoms with Crippen molar-refractivity contribution in [3.63, 3.8) is 0 Å². The zero-order chi connectivity index (χ0) is 14.4. The lowest BCUT2D eigenvalue weighted by atomic mass is 10.1. The summed E-state index contributed by atoms with van der Waals surface area (Å²) in [5, 5.41) is 2.80. The molecule has 0 unspecified atom stereocenters. The van der Waals surface area contributed by atoms with Crippen molar-refractivity contribution in [2.45, 2.75) is 13.5 Å². The fourth-order valence-corrected chi connectivity index (χ4v) is 1.81. The molecule has 0 aliphatic rings. The molecule has 0 bridgehead atoms. The van der Waals surface area contributed by atoms with Crippen LogP contribution in [0.3, 0.4) is 0 Å². The van der Waals surface area contributed by atoms with Crippen LogP contribution < -0.4 is 15.8 Å². The second-order valence-corrected chi connectivity index (χ2v) is 4.16. The van der Waals surface area contributed by atoms with E-state index in [1.54, 1.807) is 24.4 Å². The molecule has 1 amide bonds. The van der Waals surface area contributed by atoms with Crippen LogP contribution in [0.4, 0.5) is 5.69 Å². The van der Waals surface area contributed by atoms with Gasteiger partial charge in [-0.1, -0.05) is 12.1 Å². The highest BCUT2D eigenvalue weighted by atomic mass is 16.5. The van der Waals surface area contributed by atoms with Crippen molar-refractivity contribution in [2.24, 2.45) is 0 Å². The van der Waals surface area contributed by atoms with Crippen molar-refractivity contribution in [1.82, 2.24) is 10.3 Å². The summed E-state index contributed by atoms with van der Waals surface area (Å²) in [6.45, 7) is 2.66. The summed E-state index contributed by atoms with van der Waals surface area (Å²) in [5.74, 6) is 0.194. The quantitative estimate of drug-likeness (QED) is 0.815. The number of benzene rings is 1. The van der Waals surface area contributed by atoms with Crippen molar-refractivity contribution in [3.8, 4) is 5.75 Å². The van der Waals surface area contributed by atoms with Crippen LogP contribution in [-0.2, 0) is 6.54 Å². The van der Waals surface area contributed by atoms with Gasteiger partial charge in [0.05, 0.1) is 30.1 Å². The number of aromatic nitrogens is 1. The second-order valence-electron chi connectivity index (χ2n) is 4.16. The third-order valence-corrected chi connectivity index (χ3v) is 2.74. The molecule has 5 nitrogen and oxygen atoms in total. The molecule has 0 aliphatic heterocycles. The lowest BCUT2D eigenvalue weighted by molar-refractivity contribution is 0.0946. The second kappa shape index (κ2) is 6.56. The number of carbonyl (C=O) groups is 1. The number of rotatable bonds is 5. The average Bonchev–Trinajstić information content (AvgIpc) is 2.48. The molecule has 5 heteroatoms. The molecule has 2 aromatic rings. The number of carbonyl (C=O) groups excluding carboxylic acids is 1. The molecule has 0 fully saturated rings. The van der Waals surface area contributed by atoms with E-state index in [9.17, 15) is 4.79 Å². The first kappa shape index (κ1) is 13.9. The van der Waals surface area contributed by atoms with E-state index >= 15 is 0 Å². The van der Waals surface area contributed by atoms with Crippen LogP contribution in [0.5, 0.6) is 5.75 Å². The fraction of sp³-hybridized carbons (Fsp3) is 0.200. The molecule has 0 saturated heterocycles. The number of nitrogens with one attached hydrogen (secondary N) is 1. The number of hydrogen-bond donors (Lipinski definition) is 2. The molecule has 20 heavy (non-hydrogen) atoms. The van der Waals surface area contributed by atoms with E-state index in [-0.39, 0.29) is 5.91 Å². The molecule has 0 spiro atoms. The Labute approximate surface area is 117 Å². The molecule has 0 radical (unpaired) electrons. The molecule has 1 heterocycles. The molecule has 104 valence electrons. The Balaban J connectivity index is 2.11. The monoisotopic (exact) mass is 271 g/mol. The highest BCUT2D eigenvalue weighted by Crippen LogP contribution is 2.26. The van der Waals surface area contributed by atoms with E-state index in [0.717, 1.165) is 5.69 Å².